The molecule has 174 valence electrons. The van der Waals surface area contributed by atoms with Gasteiger partial charge in [-0.15, -0.1) is 0 Å². The van der Waals surface area contributed by atoms with E-state index in [4.69, 9.17) is 0 Å². The van der Waals surface area contributed by atoms with Crippen LogP contribution in [0.3, 0.4) is 0 Å². The van der Waals surface area contributed by atoms with E-state index in [0.717, 1.165) is 43.2 Å². The Morgan fingerprint density at radius 1 is 0.970 bits per heavy atom. The van der Waals surface area contributed by atoms with Crippen molar-refractivity contribution in [2.75, 3.05) is 19.6 Å². The highest BCUT2D eigenvalue weighted by molar-refractivity contribution is 5.89. The molecule has 2 aromatic carbocycles. The second kappa shape index (κ2) is 8.54. The summed E-state index contributed by atoms with van der Waals surface area (Å²) in [6.45, 7) is 3.34. The average molecular weight is 453 g/mol. The molecule has 2 saturated heterocycles. The number of amides is 2. The summed E-state index contributed by atoms with van der Waals surface area (Å²) in [6.07, 6.45) is 4.12. The van der Waals surface area contributed by atoms with E-state index < -0.39 is 5.41 Å². The Bertz CT molecular complexity index is 1050. The maximum absolute atomic E-state index is 14.1. The second-order valence-electron chi connectivity index (χ2n) is 9.90. The molecule has 5 rings (SSSR count). The lowest BCUT2D eigenvalue weighted by Gasteiger charge is -2.42. The first-order valence-electron chi connectivity index (χ1n) is 12.0. The largest absolute Gasteiger partial charge is 0.341 e. The lowest BCUT2D eigenvalue weighted by Crippen LogP contribution is -2.54. The molecule has 2 heterocycles. The van der Waals surface area contributed by atoms with Crippen LogP contribution in [0.4, 0.5) is 8.78 Å². The summed E-state index contributed by atoms with van der Waals surface area (Å²) in [5.74, 6) is -0.304. The van der Waals surface area contributed by atoms with Crippen LogP contribution < -0.4 is 0 Å². The topological polar surface area (TPSA) is 40.6 Å². The molecule has 3 aliphatic rings. The quantitative estimate of drug-likeness (QED) is 0.681. The van der Waals surface area contributed by atoms with E-state index in [1.54, 1.807) is 25.1 Å². The maximum Gasteiger partial charge on any atom is 0.233 e. The minimum absolute atomic E-state index is 0.0430. The Morgan fingerprint density at radius 2 is 1.70 bits per heavy atom. The van der Waals surface area contributed by atoms with Gasteiger partial charge in [-0.05, 0) is 54.7 Å². The van der Waals surface area contributed by atoms with E-state index in [1.807, 2.05) is 15.9 Å². The fraction of sp³-hybridized carbons (Fsp3) is 0.481. The number of rotatable bonds is 3. The molecule has 2 aromatic rings. The first kappa shape index (κ1) is 22.1. The number of hydrogen-bond acceptors (Lipinski definition) is 2. The summed E-state index contributed by atoms with van der Waals surface area (Å²) in [7, 11) is 0. The molecule has 1 saturated carbocycles. The monoisotopic (exact) mass is 452 g/mol. The average Bonchev–Trinajstić information content (AvgIpc) is 3.45. The van der Waals surface area contributed by atoms with Gasteiger partial charge in [-0.2, -0.15) is 0 Å². The lowest BCUT2D eigenvalue weighted by atomic mass is 9.75. The molecule has 6 heteroatoms. The van der Waals surface area contributed by atoms with Crippen molar-refractivity contribution in [3.63, 3.8) is 0 Å². The predicted octanol–water partition coefficient (Wildman–Crippen LogP) is 4.64. The number of hydrogen-bond donors (Lipinski definition) is 0. The Hall–Kier alpha value is -2.76. The fourth-order valence-electron chi connectivity index (χ4n) is 6.54. The summed E-state index contributed by atoms with van der Waals surface area (Å²) in [5.41, 5.74) is 1.11. The van der Waals surface area contributed by atoms with Crippen LogP contribution in [0, 0.1) is 17.6 Å². The molecular formula is C27H30F2N2O2. The highest BCUT2D eigenvalue weighted by atomic mass is 19.1. The van der Waals surface area contributed by atoms with Gasteiger partial charge >= 0.3 is 0 Å². The van der Waals surface area contributed by atoms with E-state index in [2.05, 4.69) is 0 Å². The Morgan fingerprint density at radius 3 is 2.36 bits per heavy atom. The normalized spacial score (nSPS) is 26.3. The van der Waals surface area contributed by atoms with Crippen molar-refractivity contribution in [2.24, 2.45) is 5.92 Å². The first-order valence-corrected chi connectivity index (χ1v) is 12.0. The highest BCUT2D eigenvalue weighted by Gasteiger charge is 2.51. The van der Waals surface area contributed by atoms with Crippen LogP contribution in [0.25, 0.3) is 0 Å². The van der Waals surface area contributed by atoms with Crippen LogP contribution in [-0.2, 0) is 15.0 Å². The number of benzene rings is 2. The minimum Gasteiger partial charge on any atom is -0.341 e. The second-order valence-corrected chi connectivity index (χ2v) is 9.90. The number of nitrogens with zero attached hydrogens (tertiary/aromatic N) is 2. The van der Waals surface area contributed by atoms with Gasteiger partial charge < -0.3 is 9.80 Å². The third kappa shape index (κ3) is 3.83. The maximum atomic E-state index is 14.1. The number of halogens is 2. The lowest BCUT2D eigenvalue weighted by molar-refractivity contribution is -0.140. The number of likely N-dealkylation sites (tertiary alicyclic amines) is 2. The molecule has 2 aliphatic heterocycles. The van der Waals surface area contributed by atoms with Crippen molar-refractivity contribution in [1.82, 2.24) is 9.80 Å². The molecule has 0 unspecified atom stereocenters. The minimum atomic E-state index is -0.667. The van der Waals surface area contributed by atoms with E-state index in [0.29, 0.717) is 19.6 Å². The van der Waals surface area contributed by atoms with Crippen molar-refractivity contribution >= 4 is 11.8 Å². The zero-order chi connectivity index (χ0) is 23.2. The van der Waals surface area contributed by atoms with E-state index in [9.17, 15) is 18.4 Å². The van der Waals surface area contributed by atoms with Crippen LogP contribution in [0.15, 0.2) is 48.5 Å². The molecule has 0 N–H and O–H groups in total. The first-order chi connectivity index (χ1) is 15.9. The molecule has 1 aliphatic carbocycles. The van der Waals surface area contributed by atoms with Gasteiger partial charge in [-0.1, -0.05) is 37.1 Å². The van der Waals surface area contributed by atoms with Crippen LogP contribution in [-0.4, -0.2) is 47.3 Å². The van der Waals surface area contributed by atoms with E-state index in [1.165, 1.54) is 24.3 Å². The molecule has 2 amide bonds. The number of carbonyl (C=O) groups is 2. The molecule has 3 fully saturated rings. The van der Waals surface area contributed by atoms with Crippen LogP contribution >= 0.6 is 0 Å². The van der Waals surface area contributed by atoms with Crippen molar-refractivity contribution in [1.29, 1.82) is 0 Å². The summed E-state index contributed by atoms with van der Waals surface area (Å²) in [6, 6.07) is 13.1. The Kier molecular flexibility index (Phi) is 5.71. The smallest absolute Gasteiger partial charge is 0.233 e. The van der Waals surface area contributed by atoms with Gasteiger partial charge in [0.2, 0.25) is 11.8 Å². The molecule has 0 radical (unpaired) electrons. The predicted molar refractivity (Wildman–Crippen MR) is 122 cm³/mol. The Balaban J connectivity index is 1.44. The highest BCUT2D eigenvalue weighted by Crippen LogP contribution is 2.46. The summed E-state index contributed by atoms with van der Waals surface area (Å²) in [4.78, 5) is 30.3. The van der Waals surface area contributed by atoms with Gasteiger partial charge in [0, 0.05) is 44.4 Å². The molecular weight excluding hydrogens is 422 g/mol. The SMILES string of the molecule is CC(=O)N1C[C@H](c2ccc(F)cc2)[C@H]2CN(C(=O)C3(c4cccc(F)c4)CCCC3)CC[C@H]21. The third-order valence-electron chi connectivity index (χ3n) is 8.16. The zero-order valence-corrected chi connectivity index (χ0v) is 19.0. The molecule has 0 bridgehead atoms. The van der Waals surface area contributed by atoms with Gasteiger partial charge in [-0.25, -0.2) is 8.78 Å². The Labute approximate surface area is 193 Å². The van der Waals surface area contributed by atoms with Crippen molar-refractivity contribution in [3.05, 3.63) is 71.3 Å². The van der Waals surface area contributed by atoms with Gasteiger partial charge in [0.15, 0.2) is 0 Å². The van der Waals surface area contributed by atoms with Gasteiger partial charge in [0.25, 0.3) is 0 Å². The molecule has 4 nitrogen and oxygen atoms in total. The van der Waals surface area contributed by atoms with Crippen LogP contribution in [0.2, 0.25) is 0 Å². The van der Waals surface area contributed by atoms with Gasteiger partial charge in [-0.3, -0.25) is 9.59 Å². The van der Waals surface area contributed by atoms with Crippen molar-refractivity contribution in [2.45, 2.75) is 56.4 Å². The standard InChI is InChI=1S/C27H30F2N2O2/c1-18(32)31-17-23(19-7-9-21(28)10-8-19)24-16-30(14-11-25(24)31)26(33)27(12-2-3-13-27)20-5-4-6-22(29)15-20/h4-10,15,23-25H,2-3,11-14,16-17H2,1H3/t23-,24-,25-/m1/s1. The summed E-state index contributed by atoms with van der Waals surface area (Å²) >= 11 is 0. The number of fused-ring (bicyclic) bond motifs is 1. The molecule has 0 aromatic heterocycles. The molecule has 33 heavy (non-hydrogen) atoms. The molecule has 0 spiro atoms. The van der Waals surface area contributed by atoms with Gasteiger partial charge in [0.1, 0.15) is 11.6 Å². The number of piperidine rings is 1. The van der Waals surface area contributed by atoms with Gasteiger partial charge in [0.05, 0.1) is 5.41 Å². The fourth-order valence-corrected chi connectivity index (χ4v) is 6.54. The van der Waals surface area contributed by atoms with E-state index >= 15 is 0 Å². The van der Waals surface area contributed by atoms with Crippen molar-refractivity contribution < 1.29 is 18.4 Å². The zero-order valence-electron chi connectivity index (χ0n) is 19.0. The third-order valence-corrected chi connectivity index (χ3v) is 8.16. The summed E-state index contributed by atoms with van der Waals surface area (Å²) < 4.78 is 27.6. The van der Waals surface area contributed by atoms with Crippen LogP contribution in [0.5, 0.6) is 0 Å². The number of carbonyl (C=O) groups excluding carboxylic acids is 2. The summed E-state index contributed by atoms with van der Waals surface area (Å²) in [5, 5.41) is 0. The van der Waals surface area contributed by atoms with Crippen LogP contribution in [0.1, 0.15) is 56.1 Å². The van der Waals surface area contributed by atoms with E-state index in [-0.39, 0.29) is 41.3 Å². The van der Waals surface area contributed by atoms with Crippen molar-refractivity contribution in [3.8, 4) is 0 Å². The molecule has 3 atom stereocenters.